The van der Waals surface area contributed by atoms with Gasteiger partial charge in [0.2, 0.25) is 5.88 Å². The van der Waals surface area contributed by atoms with Crippen molar-refractivity contribution in [1.82, 2.24) is 4.98 Å². The second kappa shape index (κ2) is 10.0. The largest absolute Gasteiger partial charge is 0.493 e. The number of hydrogen-bond donors (Lipinski definition) is 2. The van der Waals surface area contributed by atoms with Crippen LogP contribution in [-0.4, -0.2) is 25.0 Å². The predicted octanol–water partition coefficient (Wildman–Crippen LogP) is 5.62. The third-order valence-corrected chi connectivity index (χ3v) is 4.14. The maximum Gasteiger partial charge on any atom is 0.416 e. The van der Waals surface area contributed by atoms with Crippen LogP contribution in [0.5, 0.6) is 17.4 Å². The molecule has 0 saturated carbocycles. The van der Waals surface area contributed by atoms with Gasteiger partial charge in [0.15, 0.2) is 11.5 Å². The Kier molecular flexibility index (Phi) is 7.71. The molecular formula is C21H19ClF3N3O3. The standard InChI is InChI=1S/C21H18F3N3O3.ClH/c1-25-15-7-9-17(18(11-15)29-2)30-19-10-8-16(12-26-19)27-20(28)13-3-5-14(6-4-13)21(22,23)24;/h3-12,25H,1-2H3,(H,27,28);1H. The Bertz CT molecular complexity index is 1030. The summed E-state index contributed by atoms with van der Waals surface area (Å²) in [5.41, 5.74) is 0.497. The smallest absolute Gasteiger partial charge is 0.416 e. The van der Waals surface area contributed by atoms with Gasteiger partial charge >= 0.3 is 6.18 Å². The van der Waals surface area contributed by atoms with E-state index in [4.69, 9.17) is 9.47 Å². The number of carbonyl (C=O) groups excluding carboxylic acids is 1. The van der Waals surface area contributed by atoms with E-state index in [1.165, 1.54) is 13.3 Å². The number of pyridine rings is 1. The molecule has 0 spiro atoms. The van der Waals surface area contributed by atoms with Gasteiger partial charge in [-0.2, -0.15) is 13.2 Å². The average molecular weight is 454 g/mol. The zero-order valence-electron chi connectivity index (χ0n) is 16.5. The molecule has 0 saturated heterocycles. The molecule has 3 aromatic rings. The fourth-order valence-corrected chi connectivity index (χ4v) is 2.55. The van der Waals surface area contributed by atoms with Gasteiger partial charge in [-0.1, -0.05) is 0 Å². The molecule has 0 aliphatic carbocycles. The number of nitrogens with one attached hydrogen (secondary N) is 2. The fourth-order valence-electron chi connectivity index (χ4n) is 2.55. The molecule has 1 aromatic heterocycles. The number of halogens is 4. The van der Waals surface area contributed by atoms with Gasteiger partial charge in [-0.25, -0.2) is 4.98 Å². The molecule has 0 atom stereocenters. The normalized spacial score (nSPS) is 10.6. The number of alkyl halides is 3. The summed E-state index contributed by atoms with van der Waals surface area (Å²) in [6, 6.07) is 12.4. The molecule has 3 rings (SSSR count). The van der Waals surface area contributed by atoms with Crippen molar-refractivity contribution in [2.45, 2.75) is 6.18 Å². The van der Waals surface area contributed by atoms with Gasteiger partial charge in [-0.15, -0.1) is 12.4 Å². The number of hydrogen-bond acceptors (Lipinski definition) is 5. The van der Waals surface area contributed by atoms with Crippen LogP contribution in [0.2, 0.25) is 0 Å². The minimum Gasteiger partial charge on any atom is -0.493 e. The molecule has 0 radical (unpaired) electrons. The topological polar surface area (TPSA) is 72.5 Å². The summed E-state index contributed by atoms with van der Waals surface area (Å²) in [6.07, 6.45) is -3.07. The summed E-state index contributed by atoms with van der Waals surface area (Å²) in [6.45, 7) is 0. The van der Waals surface area contributed by atoms with Gasteiger partial charge in [0.05, 0.1) is 24.6 Å². The van der Waals surface area contributed by atoms with Gasteiger partial charge in [0, 0.05) is 30.4 Å². The molecule has 1 heterocycles. The zero-order valence-corrected chi connectivity index (χ0v) is 17.3. The lowest BCUT2D eigenvalue weighted by Gasteiger charge is -2.12. The lowest BCUT2D eigenvalue weighted by atomic mass is 10.1. The molecular weight excluding hydrogens is 435 g/mol. The summed E-state index contributed by atoms with van der Waals surface area (Å²) in [5, 5.41) is 5.57. The van der Waals surface area contributed by atoms with Crippen LogP contribution in [-0.2, 0) is 6.18 Å². The van der Waals surface area contributed by atoms with E-state index < -0.39 is 17.6 Å². The first-order valence-electron chi connectivity index (χ1n) is 8.78. The highest BCUT2D eigenvalue weighted by molar-refractivity contribution is 6.04. The minimum atomic E-state index is -4.45. The van der Waals surface area contributed by atoms with E-state index in [1.807, 2.05) is 6.07 Å². The van der Waals surface area contributed by atoms with Crippen molar-refractivity contribution in [3.8, 4) is 17.4 Å². The van der Waals surface area contributed by atoms with Gasteiger partial charge in [-0.05, 0) is 42.5 Å². The summed E-state index contributed by atoms with van der Waals surface area (Å²) in [5.74, 6) is 0.704. The van der Waals surface area contributed by atoms with E-state index in [1.54, 1.807) is 31.3 Å². The Hall–Kier alpha value is -3.46. The molecule has 6 nitrogen and oxygen atoms in total. The maximum atomic E-state index is 12.6. The fraction of sp³-hybridized carbons (Fsp3) is 0.143. The van der Waals surface area contributed by atoms with Gasteiger partial charge in [0.1, 0.15) is 0 Å². The summed E-state index contributed by atoms with van der Waals surface area (Å²) < 4.78 is 48.8. The third kappa shape index (κ3) is 6.02. The first-order chi connectivity index (χ1) is 14.3. The van der Waals surface area contributed by atoms with Gasteiger partial charge < -0.3 is 20.1 Å². The first-order valence-corrected chi connectivity index (χ1v) is 8.78. The SMILES string of the molecule is CNc1ccc(Oc2ccc(NC(=O)c3ccc(C(F)(F)F)cc3)cn2)c(OC)c1.Cl. The maximum absolute atomic E-state index is 12.6. The van der Waals surface area contributed by atoms with E-state index >= 15 is 0 Å². The van der Waals surface area contributed by atoms with Crippen LogP contribution in [0.1, 0.15) is 15.9 Å². The number of anilines is 2. The molecule has 0 bridgehead atoms. The number of carbonyl (C=O) groups is 1. The van der Waals surface area contributed by atoms with Crippen molar-refractivity contribution < 1.29 is 27.4 Å². The van der Waals surface area contributed by atoms with Crippen molar-refractivity contribution >= 4 is 29.7 Å². The van der Waals surface area contributed by atoms with E-state index in [0.717, 1.165) is 30.0 Å². The van der Waals surface area contributed by atoms with Crippen molar-refractivity contribution in [2.24, 2.45) is 0 Å². The van der Waals surface area contributed by atoms with Crippen LogP contribution < -0.4 is 20.1 Å². The number of ether oxygens (including phenoxy) is 2. The molecule has 0 unspecified atom stereocenters. The lowest BCUT2D eigenvalue weighted by molar-refractivity contribution is -0.137. The summed E-state index contributed by atoms with van der Waals surface area (Å²) in [4.78, 5) is 16.3. The van der Waals surface area contributed by atoms with Crippen molar-refractivity contribution in [3.05, 3.63) is 71.9 Å². The molecule has 0 aliphatic rings. The van der Waals surface area contributed by atoms with Crippen LogP contribution in [0.15, 0.2) is 60.8 Å². The van der Waals surface area contributed by atoms with Crippen LogP contribution in [0.25, 0.3) is 0 Å². The van der Waals surface area contributed by atoms with E-state index in [9.17, 15) is 18.0 Å². The molecule has 0 fully saturated rings. The zero-order chi connectivity index (χ0) is 21.7. The molecule has 0 aliphatic heterocycles. The second-order valence-corrected chi connectivity index (χ2v) is 6.13. The highest BCUT2D eigenvalue weighted by atomic mass is 35.5. The third-order valence-electron chi connectivity index (χ3n) is 4.14. The Labute approximate surface area is 182 Å². The number of methoxy groups -OCH3 is 1. The van der Waals surface area contributed by atoms with Crippen LogP contribution in [0.4, 0.5) is 24.5 Å². The van der Waals surface area contributed by atoms with Crippen molar-refractivity contribution in [1.29, 1.82) is 0 Å². The Morgan fingerprint density at radius 1 is 0.968 bits per heavy atom. The van der Waals surface area contributed by atoms with E-state index in [2.05, 4.69) is 15.6 Å². The van der Waals surface area contributed by atoms with Crippen LogP contribution >= 0.6 is 12.4 Å². The van der Waals surface area contributed by atoms with E-state index in [0.29, 0.717) is 17.2 Å². The summed E-state index contributed by atoms with van der Waals surface area (Å²) in [7, 11) is 3.31. The number of nitrogens with zero attached hydrogens (tertiary/aromatic N) is 1. The quantitative estimate of drug-likeness (QED) is 0.507. The number of benzene rings is 2. The molecule has 31 heavy (non-hydrogen) atoms. The average Bonchev–Trinajstić information content (AvgIpc) is 2.74. The Morgan fingerprint density at radius 3 is 2.19 bits per heavy atom. The first kappa shape index (κ1) is 23.8. The van der Waals surface area contributed by atoms with Gasteiger partial charge in [0.25, 0.3) is 5.91 Å². The highest BCUT2D eigenvalue weighted by Gasteiger charge is 2.30. The highest BCUT2D eigenvalue weighted by Crippen LogP contribution is 2.33. The summed E-state index contributed by atoms with van der Waals surface area (Å²) >= 11 is 0. The molecule has 2 aromatic carbocycles. The molecule has 164 valence electrons. The molecule has 1 amide bonds. The van der Waals surface area contributed by atoms with Crippen LogP contribution in [0, 0.1) is 0 Å². The molecule has 2 N–H and O–H groups in total. The van der Waals surface area contributed by atoms with Crippen molar-refractivity contribution in [3.63, 3.8) is 0 Å². The monoisotopic (exact) mass is 453 g/mol. The predicted molar refractivity (Wildman–Crippen MR) is 113 cm³/mol. The number of amides is 1. The molecule has 10 heteroatoms. The Morgan fingerprint density at radius 2 is 1.65 bits per heavy atom. The van der Waals surface area contributed by atoms with E-state index in [-0.39, 0.29) is 23.9 Å². The Balaban J connectivity index is 0.00000341. The minimum absolute atomic E-state index is 0. The van der Waals surface area contributed by atoms with Gasteiger partial charge in [-0.3, -0.25) is 4.79 Å². The second-order valence-electron chi connectivity index (χ2n) is 6.13. The van der Waals surface area contributed by atoms with Crippen molar-refractivity contribution in [2.75, 3.05) is 24.8 Å². The number of rotatable bonds is 6. The lowest BCUT2D eigenvalue weighted by Crippen LogP contribution is -2.13. The van der Waals surface area contributed by atoms with Crippen LogP contribution in [0.3, 0.4) is 0 Å². The number of aromatic nitrogens is 1.